The molecule has 4 aromatic rings. The van der Waals surface area contributed by atoms with E-state index in [4.69, 9.17) is 14.2 Å². The standard InChI is InChI=1S/C20H22N4O6/c1-9(2)29-20(27)30-19-10(8-28-3)15-13(6-21-19)22-11-4-5-12-17(16(11)15)24-18(23-12)14(26)7-25/h4-6,9,14,22,25-26H,7-8H2,1-3H3,(H,23,24). The fraction of sp³-hybridized carbons (Fsp3) is 0.350. The summed E-state index contributed by atoms with van der Waals surface area (Å²) < 4.78 is 15.7. The lowest BCUT2D eigenvalue weighted by molar-refractivity contribution is 0.0705. The van der Waals surface area contributed by atoms with Crippen molar-refractivity contribution in [2.45, 2.75) is 32.7 Å². The molecule has 0 amide bonds. The summed E-state index contributed by atoms with van der Waals surface area (Å²) in [5.41, 5.74) is 3.34. The van der Waals surface area contributed by atoms with Crippen molar-refractivity contribution in [3.8, 4) is 5.88 Å². The first-order chi connectivity index (χ1) is 14.4. The number of nitrogens with one attached hydrogen (secondary N) is 2. The lowest BCUT2D eigenvalue weighted by atomic mass is 10.1. The second-order valence-electron chi connectivity index (χ2n) is 7.11. The fourth-order valence-electron chi connectivity index (χ4n) is 3.42. The molecule has 0 spiro atoms. The molecule has 1 atom stereocenters. The van der Waals surface area contributed by atoms with Crippen molar-refractivity contribution in [1.29, 1.82) is 0 Å². The van der Waals surface area contributed by atoms with Crippen LogP contribution in [0.2, 0.25) is 0 Å². The van der Waals surface area contributed by atoms with E-state index in [1.165, 1.54) is 7.11 Å². The fourth-order valence-corrected chi connectivity index (χ4v) is 3.42. The van der Waals surface area contributed by atoms with Crippen molar-refractivity contribution >= 4 is 39.0 Å². The molecule has 0 radical (unpaired) electrons. The van der Waals surface area contributed by atoms with Crippen molar-refractivity contribution in [3.05, 3.63) is 29.7 Å². The summed E-state index contributed by atoms with van der Waals surface area (Å²) in [7, 11) is 1.53. The van der Waals surface area contributed by atoms with Crippen LogP contribution in [0.15, 0.2) is 18.3 Å². The third kappa shape index (κ3) is 3.45. The minimum atomic E-state index is -1.12. The number of pyridine rings is 1. The molecular formula is C20H22N4O6. The summed E-state index contributed by atoms with van der Waals surface area (Å²) >= 11 is 0. The number of H-pyrrole nitrogens is 2. The van der Waals surface area contributed by atoms with Crippen molar-refractivity contribution < 1.29 is 29.2 Å². The number of hydrogen-bond acceptors (Lipinski definition) is 8. The summed E-state index contributed by atoms with van der Waals surface area (Å²) in [5, 5.41) is 20.7. The summed E-state index contributed by atoms with van der Waals surface area (Å²) in [4.78, 5) is 27.1. The van der Waals surface area contributed by atoms with Crippen molar-refractivity contribution in [2.75, 3.05) is 13.7 Å². The first kappa shape index (κ1) is 20.1. The normalized spacial score (nSPS) is 12.9. The molecule has 1 unspecified atom stereocenters. The van der Waals surface area contributed by atoms with Crippen LogP contribution in [0.4, 0.5) is 4.79 Å². The Balaban J connectivity index is 1.96. The Labute approximate surface area is 170 Å². The highest BCUT2D eigenvalue weighted by Crippen LogP contribution is 2.37. The number of rotatable bonds is 6. The highest BCUT2D eigenvalue weighted by Gasteiger charge is 2.22. The largest absolute Gasteiger partial charge is 0.515 e. The van der Waals surface area contributed by atoms with Gasteiger partial charge in [0.1, 0.15) is 11.9 Å². The number of benzene rings is 1. The maximum atomic E-state index is 12.0. The maximum Gasteiger partial charge on any atom is 0.515 e. The second kappa shape index (κ2) is 7.90. The van der Waals surface area contributed by atoms with Crippen LogP contribution in [-0.4, -0.2) is 56.1 Å². The number of carbonyl (C=O) groups is 1. The van der Waals surface area contributed by atoms with E-state index in [1.807, 2.05) is 12.1 Å². The van der Waals surface area contributed by atoms with Gasteiger partial charge in [0.25, 0.3) is 0 Å². The SMILES string of the molecule is COCc1c(OC(=O)OC(C)C)ncc2[nH]c3ccc4[nH]c(C(O)CO)nc4c3c12. The predicted molar refractivity (Wildman–Crippen MR) is 108 cm³/mol. The predicted octanol–water partition coefficient (Wildman–Crippen LogP) is 2.69. The third-order valence-corrected chi connectivity index (χ3v) is 4.62. The van der Waals surface area contributed by atoms with Gasteiger partial charge >= 0.3 is 6.16 Å². The van der Waals surface area contributed by atoms with E-state index in [-0.39, 0.29) is 24.4 Å². The number of hydrogen-bond donors (Lipinski definition) is 4. The Bertz CT molecular complexity index is 1230. The molecule has 0 aliphatic carbocycles. The quantitative estimate of drug-likeness (QED) is 0.353. The Hall–Kier alpha value is -3.21. The highest BCUT2D eigenvalue weighted by molar-refractivity contribution is 6.19. The van der Waals surface area contributed by atoms with E-state index < -0.39 is 18.9 Å². The molecule has 3 heterocycles. The molecular weight excluding hydrogens is 392 g/mol. The average Bonchev–Trinajstić information content (AvgIpc) is 3.29. The zero-order valence-electron chi connectivity index (χ0n) is 16.7. The maximum absolute atomic E-state index is 12.0. The van der Waals surface area contributed by atoms with Gasteiger partial charge in [-0.2, -0.15) is 0 Å². The van der Waals surface area contributed by atoms with Gasteiger partial charge in [0.15, 0.2) is 0 Å². The molecule has 30 heavy (non-hydrogen) atoms. The van der Waals surface area contributed by atoms with Crippen LogP contribution in [0.3, 0.4) is 0 Å². The first-order valence-electron chi connectivity index (χ1n) is 9.41. The number of aromatic nitrogens is 4. The molecule has 10 heteroatoms. The van der Waals surface area contributed by atoms with Gasteiger partial charge in [-0.1, -0.05) is 0 Å². The van der Waals surface area contributed by atoms with Crippen LogP contribution < -0.4 is 4.74 Å². The van der Waals surface area contributed by atoms with E-state index in [0.29, 0.717) is 22.1 Å². The van der Waals surface area contributed by atoms with Gasteiger partial charge < -0.3 is 34.4 Å². The number of imidazole rings is 1. The highest BCUT2D eigenvalue weighted by atomic mass is 16.7. The number of fused-ring (bicyclic) bond motifs is 5. The molecule has 10 nitrogen and oxygen atoms in total. The lowest BCUT2D eigenvalue weighted by Gasteiger charge is -2.11. The van der Waals surface area contributed by atoms with E-state index >= 15 is 0 Å². The first-order valence-corrected chi connectivity index (χ1v) is 9.41. The number of aliphatic hydroxyl groups excluding tert-OH is 2. The molecule has 0 saturated heterocycles. The van der Waals surface area contributed by atoms with Crippen molar-refractivity contribution in [1.82, 2.24) is 19.9 Å². The minimum absolute atomic E-state index is 0.0825. The number of aliphatic hydroxyl groups is 2. The molecule has 0 saturated carbocycles. The van der Waals surface area contributed by atoms with E-state index in [0.717, 1.165) is 16.3 Å². The average molecular weight is 414 g/mol. The monoisotopic (exact) mass is 414 g/mol. The number of carbonyl (C=O) groups excluding carboxylic acids is 1. The van der Waals surface area contributed by atoms with Gasteiger partial charge in [-0.25, -0.2) is 14.8 Å². The van der Waals surface area contributed by atoms with Crippen LogP contribution >= 0.6 is 0 Å². The molecule has 0 aliphatic heterocycles. The Morgan fingerprint density at radius 1 is 1.17 bits per heavy atom. The smallest absolute Gasteiger partial charge is 0.431 e. The lowest BCUT2D eigenvalue weighted by Crippen LogP contribution is -2.17. The summed E-state index contributed by atoms with van der Waals surface area (Å²) in [5.74, 6) is 0.340. The summed E-state index contributed by atoms with van der Waals surface area (Å²) in [6.07, 6.45) is -0.746. The second-order valence-corrected chi connectivity index (χ2v) is 7.11. The molecule has 158 valence electrons. The van der Waals surface area contributed by atoms with Gasteiger partial charge in [0, 0.05) is 23.4 Å². The van der Waals surface area contributed by atoms with Gasteiger partial charge in [-0.15, -0.1) is 0 Å². The zero-order valence-corrected chi connectivity index (χ0v) is 16.7. The van der Waals surface area contributed by atoms with E-state index in [9.17, 15) is 15.0 Å². The Kier molecular flexibility index (Phi) is 5.29. The Morgan fingerprint density at radius 3 is 2.63 bits per heavy atom. The van der Waals surface area contributed by atoms with Gasteiger partial charge in [-0.05, 0) is 26.0 Å². The number of aromatic amines is 2. The molecule has 0 bridgehead atoms. The molecule has 1 aromatic carbocycles. The molecule has 4 N–H and O–H groups in total. The van der Waals surface area contributed by atoms with Gasteiger partial charge in [0.2, 0.25) is 5.88 Å². The zero-order chi connectivity index (χ0) is 21.4. The van der Waals surface area contributed by atoms with Crippen LogP contribution in [0, 0.1) is 0 Å². The van der Waals surface area contributed by atoms with Crippen molar-refractivity contribution in [3.63, 3.8) is 0 Å². The molecule has 4 rings (SSSR count). The van der Waals surface area contributed by atoms with Gasteiger partial charge in [0.05, 0.1) is 47.6 Å². The van der Waals surface area contributed by atoms with Crippen LogP contribution in [-0.2, 0) is 16.1 Å². The van der Waals surface area contributed by atoms with E-state index in [2.05, 4.69) is 19.9 Å². The number of ether oxygens (including phenoxy) is 3. The van der Waals surface area contributed by atoms with E-state index in [1.54, 1.807) is 20.0 Å². The third-order valence-electron chi connectivity index (χ3n) is 4.62. The van der Waals surface area contributed by atoms with Crippen molar-refractivity contribution in [2.24, 2.45) is 0 Å². The van der Waals surface area contributed by atoms with Crippen LogP contribution in [0.5, 0.6) is 5.88 Å². The minimum Gasteiger partial charge on any atom is -0.431 e. The topological polar surface area (TPSA) is 143 Å². The molecule has 0 aliphatic rings. The molecule has 3 aromatic heterocycles. The number of methoxy groups -OCH3 is 1. The Morgan fingerprint density at radius 2 is 1.93 bits per heavy atom. The van der Waals surface area contributed by atoms with Crippen LogP contribution in [0.25, 0.3) is 32.8 Å². The number of nitrogens with zero attached hydrogens (tertiary/aromatic N) is 2. The molecule has 0 fully saturated rings. The van der Waals surface area contributed by atoms with Gasteiger partial charge in [-0.3, -0.25) is 0 Å². The summed E-state index contributed by atoms with van der Waals surface area (Å²) in [6, 6.07) is 3.70. The van der Waals surface area contributed by atoms with Crippen LogP contribution in [0.1, 0.15) is 31.3 Å². The summed E-state index contributed by atoms with van der Waals surface area (Å²) in [6.45, 7) is 3.13.